The largest absolute Gasteiger partial charge is 0.379 e. The van der Waals surface area contributed by atoms with Crippen molar-refractivity contribution < 1.29 is 4.74 Å². The van der Waals surface area contributed by atoms with Crippen molar-refractivity contribution in [3.63, 3.8) is 0 Å². The maximum atomic E-state index is 5.37. The number of rotatable bonds is 5. The van der Waals surface area contributed by atoms with Crippen LogP contribution in [0.15, 0.2) is 0 Å². The first-order chi connectivity index (χ1) is 8.70. The van der Waals surface area contributed by atoms with Gasteiger partial charge >= 0.3 is 0 Å². The van der Waals surface area contributed by atoms with Crippen molar-refractivity contribution >= 4 is 11.3 Å². The van der Waals surface area contributed by atoms with Crippen LogP contribution in [0.25, 0.3) is 0 Å². The van der Waals surface area contributed by atoms with Gasteiger partial charge in [-0.15, -0.1) is 11.3 Å². The first-order valence-corrected chi connectivity index (χ1v) is 7.45. The van der Waals surface area contributed by atoms with Crippen molar-refractivity contribution in [1.82, 2.24) is 15.2 Å². The Hall–Kier alpha value is -0.490. The van der Waals surface area contributed by atoms with Crippen LogP contribution in [0, 0.1) is 0 Å². The molecule has 2 heterocycles. The lowest BCUT2D eigenvalue weighted by Crippen LogP contribution is -2.35. The Morgan fingerprint density at radius 3 is 2.72 bits per heavy atom. The van der Waals surface area contributed by atoms with Gasteiger partial charge in [0.25, 0.3) is 0 Å². The SMILES string of the molecule is CNCc1sc(CN2CCOCC2)nc1C(C)C. The summed E-state index contributed by atoms with van der Waals surface area (Å²) in [6.07, 6.45) is 0. The zero-order valence-electron chi connectivity index (χ0n) is 11.5. The van der Waals surface area contributed by atoms with E-state index < -0.39 is 0 Å². The fraction of sp³-hybridized carbons (Fsp3) is 0.769. The highest BCUT2D eigenvalue weighted by Crippen LogP contribution is 2.26. The third-order valence-electron chi connectivity index (χ3n) is 3.12. The van der Waals surface area contributed by atoms with Crippen LogP contribution in [0.3, 0.4) is 0 Å². The smallest absolute Gasteiger partial charge is 0.107 e. The van der Waals surface area contributed by atoms with Crippen LogP contribution in [0.2, 0.25) is 0 Å². The number of aromatic nitrogens is 1. The summed E-state index contributed by atoms with van der Waals surface area (Å²) in [4.78, 5) is 8.63. The van der Waals surface area contributed by atoms with E-state index in [-0.39, 0.29) is 0 Å². The van der Waals surface area contributed by atoms with Crippen molar-refractivity contribution in [2.24, 2.45) is 0 Å². The molecule has 0 atom stereocenters. The number of hydrogen-bond donors (Lipinski definition) is 1. The molecule has 1 saturated heterocycles. The standard InChI is InChI=1S/C13H23N3OS/c1-10(2)13-11(8-14-3)18-12(15-13)9-16-4-6-17-7-5-16/h10,14H,4-9H2,1-3H3. The predicted octanol–water partition coefficient (Wildman–Crippen LogP) is 1.82. The minimum Gasteiger partial charge on any atom is -0.379 e. The zero-order valence-corrected chi connectivity index (χ0v) is 12.3. The molecule has 0 unspecified atom stereocenters. The maximum absolute atomic E-state index is 5.37. The Labute approximate surface area is 113 Å². The minimum absolute atomic E-state index is 0.503. The van der Waals surface area contributed by atoms with Gasteiger partial charge in [0.05, 0.1) is 25.5 Å². The maximum Gasteiger partial charge on any atom is 0.107 e. The average Bonchev–Trinajstić information content (AvgIpc) is 2.74. The molecule has 0 bridgehead atoms. The highest BCUT2D eigenvalue weighted by atomic mass is 32.1. The molecule has 0 aromatic carbocycles. The zero-order chi connectivity index (χ0) is 13.0. The van der Waals surface area contributed by atoms with E-state index in [4.69, 9.17) is 9.72 Å². The van der Waals surface area contributed by atoms with E-state index >= 15 is 0 Å². The summed E-state index contributed by atoms with van der Waals surface area (Å²) in [5, 5.41) is 4.47. The lowest BCUT2D eigenvalue weighted by atomic mass is 10.1. The summed E-state index contributed by atoms with van der Waals surface area (Å²) in [6, 6.07) is 0. The lowest BCUT2D eigenvalue weighted by Gasteiger charge is -2.25. The van der Waals surface area contributed by atoms with E-state index in [1.807, 2.05) is 18.4 Å². The molecule has 0 saturated carbocycles. The van der Waals surface area contributed by atoms with Crippen molar-refractivity contribution in [3.05, 3.63) is 15.6 Å². The van der Waals surface area contributed by atoms with Gasteiger partial charge in [-0.2, -0.15) is 0 Å². The highest BCUT2D eigenvalue weighted by Gasteiger charge is 2.17. The Bertz CT molecular complexity index is 372. The number of thiazole rings is 1. The second kappa shape index (κ2) is 6.61. The van der Waals surface area contributed by atoms with Gasteiger partial charge in [-0.05, 0) is 13.0 Å². The number of ether oxygens (including phenoxy) is 1. The number of morpholine rings is 1. The van der Waals surface area contributed by atoms with Crippen LogP contribution in [0.4, 0.5) is 0 Å². The molecule has 0 amide bonds. The molecular weight excluding hydrogens is 246 g/mol. The third-order valence-corrected chi connectivity index (χ3v) is 4.17. The van der Waals surface area contributed by atoms with E-state index in [2.05, 4.69) is 24.1 Å². The van der Waals surface area contributed by atoms with Crippen LogP contribution in [0.5, 0.6) is 0 Å². The highest BCUT2D eigenvalue weighted by molar-refractivity contribution is 7.11. The van der Waals surface area contributed by atoms with Crippen LogP contribution >= 0.6 is 11.3 Å². The van der Waals surface area contributed by atoms with Gasteiger partial charge in [0.1, 0.15) is 5.01 Å². The van der Waals surface area contributed by atoms with Crippen LogP contribution < -0.4 is 5.32 Å². The molecule has 1 aromatic heterocycles. The summed E-state index contributed by atoms with van der Waals surface area (Å²) in [6.45, 7) is 10.1. The van der Waals surface area contributed by atoms with Crippen LogP contribution in [0.1, 0.15) is 35.3 Å². The van der Waals surface area contributed by atoms with Crippen LogP contribution in [-0.2, 0) is 17.8 Å². The van der Waals surface area contributed by atoms with E-state index in [0.717, 1.165) is 39.4 Å². The summed E-state index contributed by atoms with van der Waals surface area (Å²) in [5.74, 6) is 0.503. The minimum atomic E-state index is 0.503. The third kappa shape index (κ3) is 3.51. The first kappa shape index (κ1) is 13.9. The summed E-state index contributed by atoms with van der Waals surface area (Å²) >= 11 is 1.85. The van der Waals surface area contributed by atoms with Gasteiger partial charge in [-0.1, -0.05) is 13.8 Å². The molecule has 102 valence electrons. The molecule has 1 N–H and O–H groups in total. The fourth-order valence-electron chi connectivity index (χ4n) is 2.17. The van der Waals surface area contributed by atoms with Gasteiger partial charge in [0.15, 0.2) is 0 Å². The van der Waals surface area contributed by atoms with E-state index in [1.165, 1.54) is 15.6 Å². The quantitative estimate of drug-likeness (QED) is 0.885. The molecule has 5 heteroatoms. The molecular formula is C13H23N3OS. The molecule has 0 radical (unpaired) electrons. The normalized spacial score (nSPS) is 17.6. The molecule has 2 rings (SSSR count). The van der Waals surface area contributed by atoms with Gasteiger partial charge in [0.2, 0.25) is 0 Å². The molecule has 1 fully saturated rings. The molecule has 1 aliphatic heterocycles. The van der Waals surface area contributed by atoms with Gasteiger partial charge in [-0.25, -0.2) is 4.98 Å². The monoisotopic (exact) mass is 269 g/mol. The number of hydrogen-bond acceptors (Lipinski definition) is 5. The van der Waals surface area contributed by atoms with Crippen molar-refractivity contribution in [1.29, 1.82) is 0 Å². The van der Waals surface area contributed by atoms with E-state index in [1.54, 1.807) is 0 Å². The Morgan fingerprint density at radius 1 is 1.39 bits per heavy atom. The Morgan fingerprint density at radius 2 is 2.11 bits per heavy atom. The summed E-state index contributed by atoms with van der Waals surface area (Å²) in [5.41, 5.74) is 1.26. The first-order valence-electron chi connectivity index (χ1n) is 6.64. The van der Waals surface area contributed by atoms with Crippen molar-refractivity contribution in [2.75, 3.05) is 33.4 Å². The molecule has 4 nitrogen and oxygen atoms in total. The Kier molecular flexibility index (Phi) is 5.12. The van der Waals surface area contributed by atoms with E-state index in [0.29, 0.717) is 5.92 Å². The van der Waals surface area contributed by atoms with Gasteiger partial charge < -0.3 is 10.1 Å². The Balaban J connectivity index is 2.05. The van der Waals surface area contributed by atoms with Crippen molar-refractivity contribution in [3.8, 4) is 0 Å². The van der Waals surface area contributed by atoms with Crippen LogP contribution in [-0.4, -0.2) is 43.2 Å². The predicted molar refractivity (Wildman–Crippen MR) is 75.1 cm³/mol. The van der Waals surface area contributed by atoms with Crippen molar-refractivity contribution in [2.45, 2.75) is 32.9 Å². The van der Waals surface area contributed by atoms with Gasteiger partial charge in [0, 0.05) is 24.5 Å². The topological polar surface area (TPSA) is 37.4 Å². The molecule has 0 aliphatic carbocycles. The number of nitrogens with one attached hydrogen (secondary N) is 1. The fourth-order valence-corrected chi connectivity index (χ4v) is 3.45. The molecule has 18 heavy (non-hydrogen) atoms. The average molecular weight is 269 g/mol. The molecule has 0 spiro atoms. The second-order valence-corrected chi connectivity index (χ2v) is 6.16. The molecule has 1 aromatic rings. The van der Waals surface area contributed by atoms with E-state index in [9.17, 15) is 0 Å². The number of nitrogens with zero attached hydrogens (tertiary/aromatic N) is 2. The summed E-state index contributed by atoms with van der Waals surface area (Å²) in [7, 11) is 1.99. The lowest BCUT2D eigenvalue weighted by molar-refractivity contribution is 0.0341. The molecule has 1 aliphatic rings. The summed E-state index contributed by atoms with van der Waals surface area (Å²) < 4.78 is 5.37. The van der Waals surface area contributed by atoms with Gasteiger partial charge in [-0.3, -0.25) is 4.90 Å². The second-order valence-electron chi connectivity index (χ2n) is 4.99.